The van der Waals surface area contributed by atoms with Gasteiger partial charge in [0.2, 0.25) is 0 Å². The first-order valence-corrected chi connectivity index (χ1v) is 6.87. The largest absolute Gasteiger partial charge is 0.493 e. The third-order valence-electron chi connectivity index (χ3n) is 2.93. The van der Waals surface area contributed by atoms with E-state index in [0.29, 0.717) is 11.7 Å². The molecule has 20 heavy (non-hydrogen) atoms. The van der Waals surface area contributed by atoms with Gasteiger partial charge in [0.15, 0.2) is 16.6 Å². The molecule has 0 fully saturated rings. The summed E-state index contributed by atoms with van der Waals surface area (Å²) in [5.74, 6) is 1.50. The zero-order valence-corrected chi connectivity index (χ0v) is 13.1. The molecule has 1 rings (SSSR count). The lowest BCUT2D eigenvalue weighted by atomic mass is 10.0. The van der Waals surface area contributed by atoms with E-state index in [1.807, 2.05) is 12.1 Å². The fraction of sp³-hybridized carbons (Fsp3) is 0.400. The highest BCUT2D eigenvalue weighted by Crippen LogP contribution is 2.30. The maximum Gasteiger partial charge on any atom is 0.166 e. The summed E-state index contributed by atoms with van der Waals surface area (Å²) in [5, 5.41) is 6.83. The van der Waals surface area contributed by atoms with Gasteiger partial charge in [-0.1, -0.05) is 6.08 Å². The van der Waals surface area contributed by atoms with E-state index in [2.05, 4.69) is 24.1 Å². The van der Waals surface area contributed by atoms with Crippen LogP contribution in [0.4, 0.5) is 0 Å². The summed E-state index contributed by atoms with van der Waals surface area (Å²) in [4.78, 5) is 0. The van der Waals surface area contributed by atoms with Crippen LogP contribution in [0.15, 0.2) is 24.8 Å². The zero-order valence-electron chi connectivity index (χ0n) is 12.3. The van der Waals surface area contributed by atoms with Gasteiger partial charge in [0, 0.05) is 13.1 Å². The predicted molar refractivity (Wildman–Crippen MR) is 86.8 cm³/mol. The first kappa shape index (κ1) is 16.3. The van der Waals surface area contributed by atoms with Crippen molar-refractivity contribution in [1.82, 2.24) is 10.6 Å². The van der Waals surface area contributed by atoms with Gasteiger partial charge in [-0.3, -0.25) is 0 Å². The Kier molecular flexibility index (Phi) is 6.87. The zero-order chi connectivity index (χ0) is 15.0. The highest BCUT2D eigenvalue weighted by atomic mass is 32.1. The number of thiocarbonyl (C=S) groups is 1. The van der Waals surface area contributed by atoms with Gasteiger partial charge in [-0.15, -0.1) is 6.58 Å². The van der Waals surface area contributed by atoms with Crippen molar-refractivity contribution in [3.05, 3.63) is 35.9 Å². The van der Waals surface area contributed by atoms with Gasteiger partial charge in [0.05, 0.1) is 14.2 Å². The first-order valence-electron chi connectivity index (χ1n) is 6.46. The molecule has 0 radical (unpaired) electrons. The van der Waals surface area contributed by atoms with Gasteiger partial charge in [0.1, 0.15) is 0 Å². The van der Waals surface area contributed by atoms with Crippen molar-refractivity contribution in [1.29, 1.82) is 0 Å². The van der Waals surface area contributed by atoms with E-state index in [1.54, 1.807) is 20.3 Å². The van der Waals surface area contributed by atoms with Crippen molar-refractivity contribution in [2.45, 2.75) is 13.3 Å². The lowest BCUT2D eigenvalue weighted by molar-refractivity contribution is 0.354. The number of hydrogen-bond donors (Lipinski definition) is 2. The van der Waals surface area contributed by atoms with Crippen LogP contribution in [0.3, 0.4) is 0 Å². The smallest absolute Gasteiger partial charge is 0.166 e. The van der Waals surface area contributed by atoms with Gasteiger partial charge < -0.3 is 20.1 Å². The number of nitrogens with one attached hydrogen (secondary N) is 2. The molecule has 0 amide bonds. The number of benzene rings is 1. The molecule has 0 atom stereocenters. The Hall–Kier alpha value is -1.75. The van der Waals surface area contributed by atoms with Crippen molar-refractivity contribution in [2.24, 2.45) is 0 Å². The summed E-state index contributed by atoms with van der Waals surface area (Å²) in [6.45, 7) is 7.12. The van der Waals surface area contributed by atoms with Gasteiger partial charge in [-0.25, -0.2) is 0 Å². The van der Waals surface area contributed by atoms with E-state index < -0.39 is 0 Å². The summed E-state index contributed by atoms with van der Waals surface area (Å²) in [5.41, 5.74) is 2.39. The molecule has 0 saturated heterocycles. The minimum atomic E-state index is 0.642. The molecular weight excluding hydrogens is 272 g/mol. The monoisotopic (exact) mass is 294 g/mol. The van der Waals surface area contributed by atoms with E-state index in [1.165, 1.54) is 11.1 Å². The van der Waals surface area contributed by atoms with E-state index in [9.17, 15) is 0 Å². The molecule has 1 aromatic rings. The van der Waals surface area contributed by atoms with Gasteiger partial charge in [0.25, 0.3) is 0 Å². The lowest BCUT2D eigenvalue weighted by Crippen LogP contribution is -2.36. The van der Waals surface area contributed by atoms with Crippen LogP contribution in [0.1, 0.15) is 11.1 Å². The summed E-state index contributed by atoms with van der Waals surface area (Å²) in [6, 6.07) is 4.00. The van der Waals surface area contributed by atoms with Crippen LogP contribution in [0.25, 0.3) is 0 Å². The predicted octanol–water partition coefficient (Wildman–Crippen LogP) is 2.20. The van der Waals surface area contributed by atoms with E-state index in [0.717, 1.165) is 24.5 Å². The maximum atomic E-state index is 5.32. The maximum absolute atomic E-state index is 5.32. The average Bonchev–Trinajstić information content (AvgIpc) is 2.46. The fourth-order valence-electron chi connectivity index (χ4n) is 1.83. The molecule has 0 heterocycles. The van der Waals surface area contributed by atoms with E-state index in [-0.39, 0.29) is 0 Å². The average molecular weight is 294 g/mol. The van der Waals surface area contributed by atoms with Crippen LogP contribution in [-0.2, 0) is 6.42 Å². The first-order chi connectivity index (χ1) is 9.62. The number of rotatable bonds is 7. The normalized spacial score (nSPS) is 9.75. The van der Waals surface area contributed by atoms with Gasteiger partial charge in [-0.2, -0.15) is 0 Å². The van der Waals surface area contributed by atoms with E-state index in [4.69, 9.17) is 21.7 Å². The minimum absolute atomic E-state index is 0.642. The van der Waals surface area contributed by atoms with Crippen LogP contribution >= 0.6 is 12.2 Å². The summed E-state index contributed by atoms with van der Waals surface area (Å²) in [7, 11) is 3.28. The highest BCUT2D eigenvalue weighted by Gasteiger charge is 2.08. The fourth-order valence-corrected chi connectivity index (χ4v) is 2.02. The van der Waals surface area contributed by atoms with Crippen molar-refractivity contribution in [3.8, 4) is 11.5 Å². The number of ether oxygens (including phenoxy) is 2. The molecule has 0 aromatic heterocycles. The second-order valence-corrected chi connectivity index (χ2v) is 4.72. The molecule has 5 heteroatoms. The molecule has 0 spiro atoms. The molecule has 4 nitrogen and oxygen atoms in total. The molecule has 0 bridgehead atoms. The van der Waals surface area contributed by atoms with Crippen LogP contribution < -0.4 is 20.1 Å². The minimum Gasteiger partial charge on any atom is -0.493 e. The lowest BCUT2D eigenvalue weighted by Gasteiger charge is -2.14. The van der Waals surface area contributed by atoms with Gasteiger partial charge in [-0.05, 0) is 48.8 Å². The van der Waals surface area contributed by atoms with Crippen molar-refractivity contribution < 1.29 is 9.47 Å². The number of aryl methyl sites for hydroxylation is 1. The topological polar surface area (TPSA) is 42.5 Å². The second-order valence-electron chi connectivity index (χ2n) is 4.31. The van der Waals surface area contributed by atoms with Crippen molar-refractivity contribution in [3.63, 3.8) is 0 Å². The second kappa shape index (κ2) is 8.43. The quantitative estimate of drug-likeness (QED) is 0.596. The Labute approximate surface area is 126 Å². The van der Waals surface area contributed by atoms with Crippen LogP contribution in [-0.4, -0.2) is 32.4 Å². The number of methoxy groups -OCH3 is 2. The Morgan fingerprint density at radius 2 is 1.90 bits per heavy atom. The Balaban J connectivity index is 2.59. The SMILES string of the molecule is C=CCNC(=S)NCCc1cc(OC)c(OC)cc1C. The molecular formula is C15H22N2O2S. The number of hydrogen-bond acceptors (Lipinski definition) is 3. The summed E-state index contributed by atoms with van der Waals surface area (Å²) < 4.78 is 10.6. The van der Waals surface area contributed by atoms with Gasteiger partial charge >= 0.3 is 0 Å². The molecule has 1 aromatic carbocycles. The molecule has 0 saturated carbocycles. The summed E-state index contributed by atoms with van der Waals surface area (Å²) in [6.07, 6.45) is 2.63. The Morgan fingerprint density at radius 1 is 1.25 bits per heavy atom. The summed E-state index contributed by atoms with van der Waals surface area (Å²) >= 11 is 5.14. The van der Waals surface area contributed by atoms with E-state index >= 15 is 0 Å². The molecule has 110 valence electrons. The van der Waals surface area contributed by atoms with Crippen LogP contribution in [0.2, 0.25) is 0 Å². The third kappa shape index (κ3) is 4.74. The standard InChI is InChI=1S/C15H22N2O2S/c1-5-7-16-15(20)17-8-6-12-10-14(19-4)13(18-3)9-11(12)2/h5,9-10H,1,6-8H2,2-4H3,(H2,16,17,20). The molecule has 0 aliphatic rings. The van der Waals surface area contributed by atoms with Crippen molar-refractivity contribution >= 4 is 17.3 Å². The molecule has 0 unspecified atom stereocenters. The van der Waals surface area contributed by atoms with Crippen LogP contribution in [0, 0.1) is 6.92 Å². The Bertz CT molecular complexity index is 475. The molecule has 0 aliphatic heterocycles. The van der Waals surface area contributed by atoms with Crippen molar-refractivity contribution in [2.75, 3.05) is 27.3 Å². The molecule has 2 N–H and O–H groups in total. The van der Waals surface area contributed by atoms with Crippen LogP contribution in [0.5, 0.6) is 11.5 Å². The highest BCUT2D eigenvalue weighted by molar-refractivity contribution is 7.80. The third-order valence-corrected chi connectivity index (χ3v) is 3.22. The molecule has 0 aliphatic carbocycles. The Morgan fingerprint density at radius 3 is 2.50 bits per heavy atom.